The van der Waals surface area contributed by atoms with Gasteiger partial charge in [0.05, 0.1) is 12.4 Å². The van der Waals surface area contributed by atoms with E-state index in [9.17, 15) is 0 Å². The first kappa shape index (κ1) is 10.7. The van der Waals surface area contributed by atoms with Crippen LogP contribution in [0, 0.1) is 0 Å². The molecule has 15 heavy (non-hydrogen) atoms. The van der Waals surface area contributed by atoms with E-state index in [-0.39, 0.29) is 0 Å². The number of aliphatic imine (C=N–C) groups is 1. The molecule has 1 atom stereocenters. The van der Waals surface area contributed by atoms with Crippen LogP contribution in [0.4, 0.5) is 0 Å². The summed E-state index contributed by atoms with van der Waals surface area (Å²) in [7, 11) is 0. The average Bonchev–Trinajstić information content (AvgIpc) is 2.71. The van der Waals surface area contributed by atoms with Crippen LogP contribution in [0.5, 0.6) is 0 Å². The zero-order chi connectivity index (χ0) is 10.7. The average molecular weight is 267 g/mol. The highest BCUT2D eigenvalue weighted by Gasteiger charge is 2.13. The molecule has 1 aromatic rings. The lowest BCUT2D eigenvalue weighted by Crippen LogP contribution is -2.20. The van der Waals surface area contributed by atoms with E-state index in [1.54, 1.807) is 0 Å². The smallest absolute Gasteiger partial charge is 0.0970 e. The van der Waals surface area contributed by atoms with Crippen molar-refractivity contribution >= 4 is 21.8 Å². The number of nitrogens with one attached hydrogen (secondary N) is 1. The van der Waals surface area contributed by atoms with Crippen LogP contribution in [0.2, 0.25) is 0 Å². The third kappa shape index (κ3) is 2.59. The minimum Gasteiger partial charge on any atom is -0.372 e. The van der Waals surface area contributed by atoms with Gasteiger partial charge in [-0.2, -0.15) is 0 Å². The zero-order valence-electron chi connectivity index (χ0n) is 8.83. The Morgan fingerprint density at radius 3 is 2.93 bits per heavy atom. The molecule has 0 fully saturated rings. The number of nitrogens with zero attached hydrogens (tertiary/aromatic N) is 1. The Balaban J connectivity index is 2.07. The topological polar surface area (TPSA) is 24.4 Å². The van der Waals surface area contributed by atoms with E-state index in [1.807, 2.05) is 6.07 Å². The van der Waals surface area contributed by atoms with E-state index in [4.69, 9.17) is 0 Å². The van der Waals surface area contributed by atoms with E-state index in [0.717, 1.165) is 25.3 Å². The van der Waals surface area contributed by atoms with Crippen molar-refractivity contribution in [2.45, 2.75) is 19.3 Å². The van der Waals surface area contributed by atoms with Crippen LogP contribution in [-0.4, -0.2) is 18.9 Å². The normalized spacial score (nSPS) is 17.1. The van der Waals surface area contributed by atoms with Gasteiger partial charge in [0.25, 0.3) is 0 Å². The lowest BCUT2D eigenvalue weighted by Gasteiger charge is -2.13. The van der Waals surface area contributed by atoms with E-state index >= 15 is 0 Å². The maximum Gasteiger partial charge on any atom is 0.0970 e. The van der Waals surface area contributed by atoms with Crippen molar-refractivity contribution in [1.29, 1.82) is 0 Å². The monoisotopic (exact) mass is 266 g/mol. The Morgan fingerprint density at radius 2 is 2.27 bits per heavy atom. The molecular weight excluding hydrogens is 252 g/mol. The number of hydrogen-bond donors (Lipinski definition) is 1. The number of halogens is 1. The second kappa shape index (κ2) is 4.79. The predicted molar refractivity (Wildman–Crippen MR) is 67.5 cm³/mol. The molecule has 0 radical (unpaired) electrons. The van der Waals surface area contributed by atoms with Gasteiger partial charge in [0.2, 0.25) is 0 Å². The largest absolute Gasteiger partial charge is 0.372 e. The van der Waals surface area contributed by atoms with Crippen LogP contribution in [0.3, 0.4) is 0 Å². The molecule has 2 nitrogen and oxygen atoms in total. The molecule has 2 rings (SSSR count). The number of rotatable bonds is 3. The summed E-state index contributed by atoms with van der Waals surface area (Å²) in [5.74, 6) is 1.66. The second-order valence-corrected chi connectivity index (χ2v) is 4.74. The van der Waals surface area contributed by atoms with Crippen LogP contribution in [-0.2, 0) is 0 Å². The van der Waals surface area contributed by atoms with Crippen LogP contribution < -0.4 is 5.32 Å². The Bertz CT molecular complexity index is 374. The highest BCUT2D eigenvalue weighted by molar-refractivity contribution is 9.10. The van der Waals surface area contributed by atoms with Crippen molar-refractivity contribution in [1.82, 2.24) is 5.32 Å². The highest BCUT2D eigenvalue weighted by Crippen LogP contribution is 2.27. The summed E-state index contributed by atoms with van der Waals surface area (Å²) in [6.07, 6.45) is 1.00. The summed E-state index contributed by atoms with van der Waals surface area (Å²) < 4.78 is 1.19. The third-order valence-electron chi connectivity index (χ3n) is 2.68. The van der Waals surface area contributed by atoms with Crippen LogP contribution in [0.25, 0.3) is 0 Å². The van der Waals surface area contributed by atoms with Gasteiger partial charge in [0.15, 0.2) is 0 Å². The molecule has 3 heteroatoms. The minimum absolute atomic E-state index is 0.505. The lowest BCUT2D eigenvalue weighted by molar-refractivity contribution is 0.785. The minimum atomic E-state index is 0.505. The number of hydrogen-bond acceptors (Lipinski definition) is 2. The molecular formula is C12H15BrN2. The Hall–Kier alpha value is -0.830. The molecule has 0 aromatic heterocycles. The van der Waals surface area contributed by atoms with Crippen molar-refractivity contribution in [3.63, 3.8) is 0 Å². The fourth-order valence-corrected chi connectivity index (χ4v) is 2.53. The number of amidine groups is 1. The summed E-state index contributed by atoms with van der Waals surface area (Å²) in [6.45, 7) is 4.17. The zero-order valence-corrected chi connectivity index (χ0v) is 10.4. The standard InChI is InChI=1S/C12H15BrN2/c1-9(8-12-14-6-7-15-12)10-4-2-3-5-11(10)13/h2-5,9H,6-8H2,1H3,(H,14,15). The van der Waals surface area contributed by atoms with Gasteiger partial charge in [-0.25, -0.2) is 0 Å². The van der Waals surface area contributed by atoms with E-state index in [1.165, 1.54) is 10.0 Å². The summed E-state index contributed by atoms with van der Waals surface area (Å²) in [5.41, 5.74) is 1.36. The first-order valence-corrected chi connectivity index (χ1v) is 6.08. The van der Waals surface area contributed by atoms with Gasteiger partial charge >= 0.3 is 0 Å². The Morgan fingerprint density at radius 1 is 1.47 bits per heavy atom. The van der Waals surface area contributed by atoms with Crippen molar-refractivity contribution in [3.05, 3.63) is 34.3 Å². The summed E-state index contributed by atoms with van der Waals surface area (Å²) in [5, 5.41) is 3.31. The van der Waals surface area contributed by atoms with Gasteiger partial charge in [0, 0.05) is 17.4 Å². The second-order valence-electron chi connectivity index (χ2n) is 3.88. The van der Waals surface area contributed by atoms with Crippen molar-refractivity contribution in [2.75, 3.05) is 13.1 Å². The highest BCUT2D eigenvalue weighted by atomic mass is 79.9. The van der Waals surface area contributed by atoms with Gasteiger partial charge in [-0.15, -0.1) is 0 Å². The first-order valence-electron chi connectivity index (χ1n) is 5.29. The van der Waals surface area contributed by atoms with Crippen LogP contribution >= 0.6 is 15.9 Å². The Labute approximate surface area is 98.9 Å². The van der Waals surface area contributed by atoms with E-state index < -0.39 is 0 Å². The van der Waals surface area contributed by atoms with Gasteiger partial charge < -0.3 is 5.32 Å². The molecule has 1 heterocycles. The molecule has 0 amide bonds. The summed E-state index contributed by atoms with van der Waals surface area (Å²) in [4.78, 5) is 4.42. The molecule has 1 unspecified atom stereocenters. The van der Waals surface area contributed by atoms with E-state index in [0.29, 0.717) is 5.92 Å². The van der Waals surface area contributed by atoms with Crippen molar-refractivity contribution < 1.29 is 0 Å². The summed E-state index contributed by atoms with van der Waals surface area (Å²) >= 11 is 3.59. The third-order valence-corrected chi connectivity index (χ3v) is 3.40. The first-order chi connectivity index (χ1) is 7.27. The molecule has 1 aliphatic heterocycles. The molecule has 1 aliphatic rings. The fraction of sp³-hybridized carbons (Fsp3) is 0.417. The van der Waals surface area contributed by atoms with Crippen molar-refractivity contribution in [2.24, 2.45) is 4.99 Å². The molecule has 80 valence electrons. The van der Waals surface area contributed by atoms with Crippen LogP contribution in [0.1, 0.15) is 24.8 Å². The van der Waals surface area contributed by atoms with Gasteiger partial charge in [-0.05, 0) is 17.5 Å². The quantitative estimate of drug-likeness (QED) is 0.894. The summed E-state index contributed by atoms with van der Waals surface area (Å²) in [6, 6.07) is 8.39. The molecule has 0 bridgehead atoms. The van der Waals surface area contributed by atoms with Gasteiger partial charge in [0.1, 0.15) is 0 Å². The van der Waals surface area contributed by atoms with Crippen molar-refractivity contribution in [3.8, 4) is 0 Å². The SMILES string of the molecule is CC(CC1=NCCN1)c1ccccc1Br. The molecule has 0 aliphatic carbocycles. The molecule has 0 spiro atoms. The Kier molecular flexibility index (Phi) is 3.41. The molecule has 1 N–H and O–H groups in total. The van der Waals surface area contributed by atoms with Gasteiger partial charge in [-0.3, -0.25) is 4.99 Å². The predicted octanol–water partition coefficient (Wildman–Crippen LogP) is 2.94. The van der Waals surface area contributed by atoms with E-state index in [2.05, 4.69) is 51.4 Å². The molecule has 0 saturated carbocycles. The maximum atomic E-state index is 4.42. The van der Waals surface area contributed by atoms with Gasteiger partial charge in [-0.1, -0.05) is 41.1 Å². The fourth-order valence-electron chi connectivity index (χ4n) is 1.86. The maximum absolute atomic E-state index is 4.42. The number of benzene rings is 1. The van der Waals surface area contributed by atoms with Crippen LogP contribution in [0.15, 0.2) is 33.7 Å². The molecule has 1 aromatic carbocycles. The molecule has 0 saturated heterocycles. The lowest BCUT2D eigenvalue weighted by atomic mass is 9.97.